The second kappa shape index (κ2) is 4.82. The number of carbonyl (C=O) groups is 1. The number of carboxylic acid groups (broad SMARTS) is 1. The number of allylic oxidation sites excluding steroid dienone is 1. The number of halogens is 1. The van der Waals surface area contributed by atoms with E-state index in [1.54, 1.807) is 12.1 Å². The molecule has 0 aliphatic rings. The van der Waals surface area contributed by atoms with E-state index in [1.165, 1.54) is 6.08 Å². The smallest absolute Gasteiger partial charge is 0.328 e. The van der Waals surface area contributed by atoms with Gasteiger partial charge >= 0.3 is 5.97 Å². The van der Waals surface area contributed by atoms with Gasteiger partial charge in [-0.2, -0.15) is 0 Å². The summed E-state index contributed by atoms with van der Waals surface area (Å²) >= 11 is 5.73. The van der Waals surface area contributed by atoms with Crippen LogP contribution >= 0.6 is 11.6 Å². The lowest BCUT2D eigenvalue weighted by molar-refractivity contribution is -0.131. The van der Waals surface area contributed by atoms with Crippen LogP contribution in [-0.2, 0) is 4.79 Å². The lowest BCUT2D eigenvalue weighted by atomic mass is 10.0. The molecule has 0 radical (unpaired) electrons. The van der Waals surface area contributed by atoms with Gasteiger partial charge in [0, 0.05) is 11.1 Å². The van der Waals surface area contributed by atoms with Gasteiger partial charge in [0.05, 0.1) is 0 Å². The van der Waals surface area contributed by atoms with Gasteiger partial charge in [0.15, 0.2) is 0 Å². The monoisotopic (exact) mass is 210 g/mol. The molecule has 0 aromatic heterocycles. The zero-order chi connectivity index (χ0) is 10.6. The summed E-state index contributed by atoms with van der Waals surface area (Å²) in [6, 6.07) is 7.14. The Morgan fingerprint density at radius 1 is 1.43 bits per heavy atom. The predicted octanol–water partition coefficient (Wildman–Crippen LogP) is 3.22. The Bertz CT molecular complexity index is 352. The van der Waals surface area contributed by atoms with Crippen molar-refractivity contribution in [1.82, 2.24) is 0 Å². The molecule has 0 spiro atoms. The SMILES string of the molecule is CCC(=CC(=O)O)c1ccc(Cl)cc1. The van der Waals surface area contributed by atoms with Gasteiger partial charge in [-0.1, -0.05) is 30.7 Å². The highest BCUT2D eigenvalue weighted by Crippen LogP contribution is 2.19. The summed E-state index contributed by atoms with van der Waals surface area (Å²) in [4.78, 5) is 10.5. The van der Waals surface area contributed by atoms with Crippen molar-refractivity contribution in [3.8, 4) is 0 Å². The average Bonchev–Trinajstić information content (AvgIpc) is 2.15. The molecule has 0 aliphatic carbocycles. The Labute approximate surface area is 87.8 Å². The summed E-state index contributed by atoms with van der Waals surface area (Å²) in [5, 5.41) is 9.28. The molecular formula is C11H11ClO2. The molecule has 3 heteroatoms. The third-order valence-corrected chi connectivity index (χ3v) is 2.15. The molecule has 0 aliphatic heterocycles. The second-order valence-corrected chi connectivity index (χ2v) is 3.30. The minimum atomic E-state index is -0.920. The quantitative estimate of drug-likeness (QED) is 0.778. The van der Waals surface area contributed by atoms with Crippen LogP contribution in [0.4, 0.5) is 0 Å². The minimum absolute atomic E-state index is 0.652. The van der Waals surface area contributed by atoms with Crippen LogP contribution < -0.4 is 0 Å². The molecule has 0 saturated heterocycles. The fourth-order valence-electron chi connectivity index (χ4n) is 1.20. The molecule has 74 valence electrons. The highest BCUT2D eigenvalue weighted by atomic mass is 35.5. The molecule has 14 heavy (non-hydrogen) atoms. The highest BCUT2D eigenvalue weighted by Gasteiger charge is 2.01. The number of benzene rings is 1. The van der Waals surface area contributed by atoms with Gasteiger partial charge in [0.2, 0.25) is 0 Å². The molecule has 0 saturated carbocycles. The van der Waals surface area contributed by atoms with Gasteiger partial charge in [-0.3, -0.25) is 0 Å². The van der Waals surface area contributed by atoms with Crippen molar-refractivity contribution in [3.05, 3.63) is 40.9 Å². The van der Waals surface area contributed by atoms with Crippen molar-refractivity contribution in [1.29, 1.82) is 0 Å². The Hall–Kier alpha value is -1.28. The molecule has 1 rings (SSSR count). The maximum Gasteiger partial charge on any atom is 0.328 e. The lowest BCUT2D eigenvalue weighted by Gasteiger charge is -2.03. The zero-order valence-electron chi connectivity index (χ0n) is 7.83. The van der Waals surface area contributed by atoms with Crippen molar-refractivity contribution in [2.45, 2.75) is 13.3 Å². The summed E-state index contributed by atoms with van der Waals surface area (Å²) in [5.41, 5.74) is 1.70. The molecule has 0 fully saturated rings. The molecular weight excluding hydrogens is 200 g/mol. The van der Waals surface area contributed by atoms with Crippen LogP contribution in [0, 0.1) is 0 Å². The fourth-order valence-corrected chi connectivity index (χ4v) is 1.33. The third-order valence-electron chi connectivity index (χ3n) is 1.89. The Morgan fingerprint density at radius 3 is 2.43 bits per heavy atom. The lowest BCUT2D eigenvalue weighted by Crippen LogP contribution is -1.91. The van der Waals surface area contributed by atoms with Gasteiger partial charge in [-0.15, -0.1) is 0 Å². The fraction of sp³-hybridized carbons (Fsp3) is 0.182. The Kier molecular flexibility index (Phi) is 3.72. The van der Waals surface area contributed by atoms with E-state index in [1.807, 2.05) is 19.1 Å². The number of hydrogen-bond acceptors (Lipinski definition) is 1. The minimum Gasteiger partial charge on any atom is -0.478 e. The van der Waals surface area contributed by atoms with Crippen LogP contribution in [0.15, 0.2) is 30.3 Å². The average molecular weight is 211 g/mol. The van der Waals surface area contributed by atoms with Gasteiger partial charge < -0.3 is 5.11 Å². The first-order chi connectivity index (χ1) is 6.63. The molecule has 0 amide bonds. The van der Waals surface area contributed by atoms with Crippen molar-refractivity contribution < 1.29 is 9.90 Å². The molecule has 0 atom stereocenters. The normalized spacial score (nSPS) is 11.4. The third kappa shape index (κ3) is 2.89. The first-order valence-corrected chi connectivity index (χ1v) is 4.70. The Morgan fingerprint density at radius 2 is 2.00 bits per heavy atom. The standard InChI is InChI=1S/C11H11ClO2/c1-2-8(7-11(13)14)9-3-5-10(12)6-4-9/h3-7H,2H2,1H3,(H,13,14). The van der Waals surface area contributed by atoms with Crippen LogP contribution in [-0.4, -0.2) is 11.1 Å². The predicted molar refractivity (Wildman–Crippen MR) is 57.4 cm³/mol. The summed E-state index contributed by atoms with van der Waals surface area (Å²) in [6.45, 7) is 1.92. The molecule has 1 aromatic carbocycles. The van der Waals surface area contributed by atoms with Gasteiger partial charge in [-0.05, 0) is 29.7 Å². The molecule has 1 N–H and O–H groups in total. The van der Waals surface area contributed by atoms with Crippen LogP contribution in [0.2, 0.25) is 5.02 Å². The highest BCUT2D eigenvalue weighted by molar-refractivity contribution is 6.30. The summed E-state index contributed by atoms with van der Waals surface area (Å²) < 4.78 is 0. The second-order valence-electron chi connectivity index (χ2n) is 2.87. The van der Waals surface area contributed by atoms with Crippen molar-refractivity contribution >= 4 is 23.1 Å². The van der Waals surface area contributed by atoms with E-state index < -0.39 is 5.97 Å². The topological polar surface area (TPSA) is 37.3 Å². The molecule has 0 heterocycles. The number of aliphatic carboxylic acids is 1. The zero-order valence-corrected chi connectivity index (χ0v) is 8.58. The van der Waals surface area contributed by atoms with Crippen molar-refractivity contribution in [2.75, 3.05) is 0 Å². The molecule has 2 nitrogen and oxygen atoms in total. The molecule has 0 bridgehead atoms. The van der Waals surface area contributed by atoms with E-state index >= 15 is 0 Å². The van der Waals surface area contributed by atoms with Crippen molar-refractivity contribution in [3.63, 3.8) is 0 Å². The van der Waals surface area contributed by atoms with Gasteiger partial charge in [0.1, 0.15) is 0 Å². The van der Waals surface area contributed by atoms with Crippen molar-refractivity contribution in [2.24, 2.45) is 0 Å². The van der Waals surface area contributed by atoms with E-state index in [-0.39, 0.29) is 0 Å². The Balaban J connectivity index is 3.01. The number of rotatable bonds is 3. The van der Waals surface area contributed by atoms with Crippen LogP contribution in [0.5, 0.6) is 0 Å². The molecule has 0 unspecified atom stereocenters. The maximum atomic E-state index is 10.5. The van der Waals surface area contributed by atoms with Crippen LogP contribution in [0.1, 0.15) is 18.9 Å². The summed E-state index contributed by atoms with van der Waals surface area (Å²) in [5.74, 6) is -0.920. The number of hydrogen-bond donors (Lipinski definition) is 1. The number of carboxylic acids is 1. The van der Waals surface area contributed by atoms with E-state index in [2.05, 4.69) is 0 Å². The van der Waals surface area contributed by atoms with Gasteiger partial charge in [-0.25, -0.2) is 4.79 Å². The van der Waals surface area contributed by atoms with Crippen LogP contribution in [0.3, 0.4) is 0 Å². The molecule has 1 aromatic rings. The van der Waals surface area contributed by atoms with E-state index in [9.17, 15) is 4.79 Å². The first kappa shape index (κ1) is 10.8. The van der Waals surface area contributed by atoms with Gasteiger partial charge in [0.25, 0.3) is 0 Å². The first-order valence-electron chi connectivity index (χ1n) is 4.33. The van der Waals surface area contributed by atoms with E-state index in [4.69, 9.17) is 16.7 Å². The van der Waals surface area contributed by atoms with Crippen LogP contribution in [0.25, 0.3) is 5.57 Å². The summed E-state index contributed by atoms with van der Waals surface area (Å²) in [7, 11) is 0. The summed E-state index contributed by atoms with van der Waals surface area (Å²) in [6.07, 6.45) is 1.91. The van der Waals surface area contributed by atoms with E-state index in [0.29, 0.717) is 11.4 Å². The van der Waals surface area contributed by atoms with E-state index in [0.717, 1.165) is 11.1 Å². The largest absolute Gasteiger partial charge is 0.478 e. The maximum absolute atomic E-state index is 10.5.